The van der Waals surface area contributed by atoms with Crippen molar-refractivity contribution in [2.75, 3.05) is 0 Å². The summed E-state index contributed by atoms with van der Waals surface area (Å²) >= 11 is 5.42. The fourth-order valence-electron chi connectivity index (χ4n) is 1.33. The van der Waals surface area contributed by atoms with E-state index in [1.165, 1.54) is 0 Å². The van der Waals surface area contributed by atoms with E-state index in [1.807, 2.05) is 12.1 Å². The fourth-order valence-corrected chi connectivity index (χ4v) is 2.27. The third-order valence-electron chi connectivity index (χ3n) is 2.35. The van der Waals surface area contributed by atoms with E-state index in [2.05, 4.69) is 43.8 Å². The van der Waals surface area contributed by atoms with Crippen LogP contribution in [0.15, 0.2) is 22.7 Å². The highest BCUT2D eigenvalue weighted by Gasteiger charge is 2.16. The Balaban J connectivity index is 2.83. The van der Waals surface area contributed by atoms with Gasteiger partial charge in [0, 0.05) is 14.5 Å². The number of hydrogen-bond donors (Lipinski definition) is 1. The molecule has 0 saturated heterocycles. The summed E-state index contributed by atoms with van der Waals surface area (Å²) in [6.07, 6.45) is 0.428. The van der Waals surface area contributed by atoms with E-state index < -0.39 is 6.04 Å². The fraction of sp³-hybridized carbons (Fsp3) is 0.333. The van der Waals surface area contributed by atoms with Gasteiger partial charge in [-0.15, -0.1) is 0 Å². The van der Waals surface area contributed by atoms with E-state index in [0.717, 1.165) is 8.04 Å². The van der Waals surface area contributed by atoms with Gasteiger partial charge in [-0.05, 0) is 47.7 Å². The van der Waals surface area contributed by atoms with Crippen LogP contribution in [0.3, 0.4) is 0 Å². The molecule has 0 bridgehead atoms. The van der Waals surface area contributed by atoms with Gasteiger partial charge >= 0.3 is 0 Å². The minimum atomic E-state index is -0.442. The van der Waals surface area contributed by atoms with Crippen LogP contribution < -0.4 is 5.32 Å². The van der Waals surface area contributed by atoms with Crippen molar-refractivity contribution < 1.29 is 9.59 Å². The molecule has 0 radical (unpaired) electrons. The molecule has 1 unspecified atom stereocenters. The largest absolute Gasteiger partial charge is 0.342 e. The number of carbonyl (C=O) groups is 2. The molecule has 0 fully saturated rings. The summed E-state index contributed by atoms with van der Waals surface area (Å²) in [5, 5.41) is 2.70. The summed E-state index contributed by atoms with van der Waals surface area (Å²) in [4.78, 5) is 23.4. The Labute approximate surface area is 123 Å². The quantitative estimate of drug-likeness (QED) is 0.776. The summed E-state index contributed by atoms with van der Waals surface area (Å²) < 4.78 is 1.71. The third-order valence-corrected chi connectivity index (χ3v) is 3.79. The normalized spacial score (nSPS) is 12.0. The predicted molar refractivity (Wildman–Crippen MR) is 79.1 cm³/mol. The smallest absolute Gasteiger partial charge is 0.252 e. The van der Waals surface area contributed by atoms with Gasteiger partial charge in [-0.3, -0.25) is 9.59 Å². The van der Waals surface area contributed by atoms with Gasteiger partial charge in [0.15, 0.2) is 5.78 Å². The molecule has 17 heavy (non-hydrogen) atoms. The van der Waals surface area contributed by atoms with Crippen LogP contribution in [0, 0.1) is 3.57 Å². The zero-order valence-corrected chi connectivity index (χ0v) is 13.3. The van der Waals surface area contributed by atoms with Crippen molar-refractivity contribution in [2.24, 2.45) is 0 Å². The van der Waals surface area contributed by atoms with Crippen molar-refractivity contribution in [3.8, 4) is 0 Å². The molecule has 0 heterocycles. The van der Waals surface area contributed by atoms with Gasteiger partial charge in [0.2, 0.25) is 0 Å². The zero-order chi connectivity index (χ0) is 13.0. The first kappa shape index (κ1) is 14.6. The number of benzene rings is 1. The number of nitrogens with one attached hydrogen (secondary N) is 1. The minimum Gasteiger partial charge on any atom is -0.342 e. The van der Waals surface area contributed by atoms with Crippen LogP contribution in [0.2, 0.25) is 0 Å². The van der Waals surface area contributed by atoms with E-state index in [-0.39, 0.29) is 11.7 Å². The summed E-state index contributed by atoms with van der Waals surface area (Å²) in [5.41, 5.74) is 0.579. The number of amides is 1. The van der Waals surface area contributed by atoms with E-state index in [4.69, 9.17) is 0 Å². The van der Waals surface area contributed by atoms with Gasteiger partial charge in [0.05, 0.1) is 11.6 Å². The second kappa shape index (κ2) is 6.49. The van der Waals surface area contributed by atoms with E-state index in [0.29, 0.717) is 12.0 Å². The third kappa shape index (κ3) is 4.06. The highest BCUT2D eigenvalue weighted by molar-refractivity contribution is 14.1. The molecular weight excluding hydrogens is 397 g/mol. The van der Waals surface area contributed by atoms with Gasteiger partial charge in [-0.25, -0.2) is 0 Å². The highest BCUT2D eigenvalue weighted by Crippen LogP contribution is 2.18. The molecule has 1 rings (SSSR count). The molecule has 92 valence electrons. The van der Waals surface area contributed by atoms with E-state index >= 15 is 0 Å². The van der Waals surface area contributed by atoms with Gasteiger partial charge < -0.3 is 5.32 Å². The first-order valence-electron chi connectivity index (χ1n) is 5.24. The number of Topliss-reactive ketones (excluding diaryl/α,β-unsaturated/α-hetero) is 1. The van der Waals surface area contributed by atoms with Crippen LogP contribution in [0.5, 0.6) is 0 Å². The molecule has 0 aromatic heterocycles. The number of carbonyl (C=O) groups excluding carboxylic acids is 2. The molecule has 0 aliphatic rings. The molecule has 1 N–H and O–H groups in total. The molecule has 1 aromatic rings. The maximum atomic E-state index is 12.0. The first-order valence-corrected chi connectivity index (χ1v) is 7.11. The summed E-state index contributed by atoms with van der Waals surface area (Å²) in [5.74, 6) is -0.187. The Kier molecular flexibility index (Phi) is 5.58. The van der Waals surface area contributed by atoms with Crippen LogP contribution in [0.25, 0.3) is 0 Å². The van der Waals surface area contributed by atoms with Crippen molar-refractivity contribution in [3.63, 3.8) is 0 Å². The molecule has 0 aliphatic heterocycles. The number of rotatable bonds is 4. The SMILES string of the molecule is CCC(=O)C(C)NC(=O)c1cc(Br)ccc1I. The van der Waals surface area contributed by atoms with Crippen LogP contribution in [-0.4, -0.2) is 17.7 Å². The van der Waals surface area contributed by atoms with Gasteiger partial charge in [-0.2, -0.15) is 0 Å². The Morgan fingerprint density at radius 3 is 2.71 bits per heavy atom. The van der Waals surface area contributed by atoms with Gasteiger partial charge in [0.25, 0.3) is 5.91 Å². The van der Waals surface area contributed by atoms with Crippen molar-refractivity contribution in [1.82, 2.24) is 5.32 Å². The zero-order valence-electron chi connectivity index (χ0n) is 9.59. The van der Waals surface area contributed by atoms with Crippen LogP contribution in [0.1, 0.15) is 30.6 Å². The van der Waals surface area contributed by atoms with Crippen LogP contribution in [-0.2, 0) is 4.79 Å². The van der Waals surface area contributed by atoms with Crippen LogP contribution >= 0.6 is 38.5 Å². The van der Waals surface area contributed by atoms with E-state index in [1.54, 1.807) is 19.9 Å². The van der Waals surface area contributed by atoms with Gasteiger partial charge in [-0.1, -0.05) is 22.9 Å². The molecule has 1 amide bonds. The molecule has 0 saturated carbocycles. The van der Waals surface area contributed by atoms with Crippen LogP contribution in [0.4, 0.5) is 0 Å². The van der Waals surface area contributed by atoms with Gasteiger partial charge in [0.1, 0.15) is 0 Å². The summed E-state index contributed by atoms with van der Waals surface area (Å²) in [6, 6.07) is 5.04. The highest BCUT2D eigenvalue weighted by atomic mass is 127. The Hall–Kier alpha value is -0.430. The number of halogens is 2. The number of hydrogen-bond acceptors (Lipinski definition) is 2. The molecule has 1 atom stereocenters. The molecule has 0 spiro atoms. The molecule has 0 aliphatic carbocycles. The van der Waals surface area contributed by atoms with Crippen molar-refractivity contribution in [3.05, 3.63) is 31.8 Å². The summed E-state index contributed by atoms with van der Waals surface area (Å²) in [6.45, 7) is 3.49. The van der Waals surface area contributed by atoms with Crippen molar-refractivity contribution in [1.29, 1.82) is 0 Å². The van der Waals surface area contributed by atoms with E-state index in [9.17, 15) is 9.59 Å². The standard InChI is InChI=1S/C12H13BrINO2/c1-3-11(16)7(2)15-12(17)9-6-8(13)4-5-10(9)14/h4-7H,3H2,1-2H3,(H,15,17). The van der Waals surface area contributed by atoms with Crippen molar-refractivity contribution >= 4 is 50.2 Å². The lowest BCUT2D eigenvalue weighted by molar-refractivity contribution is -0.120. The molecule has 5 heteroatoms. The lowest BCUT2D eigenvalue weighted by atomic mass is 10.1. The average molecular weight is 410 g/mol. The minimum absolute atomic E-state index is 0.0309. The second-order valence-corrected chi connectivity index (χ2v) is 5.72. The summed E-state index contributed by atoms with van der Waals surface area (Å²) in [7, 11) is 0. The first-order chi connectivity index (χ1) is 7.95. The lowest BCUT2D eigenvalue weighted by Gasteiger charge is -2.12. The Morgan fingerprint density at radius 1 is 1.47 bits per heavy atom. The average Bonchev–Trinajstić information content (AvgIpc) is 2.30. The lowest BCUT2D eigenvalue weighted by Crippen LogP contribution is -2.38. The molecular formula is C12H13BrINO2. The Morgan fingerprint density at radius 2 is 2.12 bits per heavy atom. The maximum Gasteiger partial charge on any atom is 0.252 e. The van der Waals surface area contributed by atoms with Crippen molar-refractivity contribution in [2.45, 2.75) is 26.3 Å². The second-order valence-electron chi connectivity index (χ2n) is 3.64. The topological polar surface area (TPSA) is 46.2 Å². The monoisotopic (exact) mass is 409 g/mol. The maximum absolute atomic E-state index is 12.0. The number of ketones is 1. The predicted octanol–water partition coefficient (Wildman–Crippen LogP) is 3.15. The molecule has 3 nitrogen and oxygen atoms in total. The Bertz CT molecular complexity index is 448. The molecule has 1 aromatic carbocycles.